The van der Waals surface area contributed by atoms with Crippen LogP contribution < -0.4 is 5.32 Å². The second kappa shape index (κ2) is 6.71. The SMILES string of the molecule is C[C@@H](NC(=O)CCC(=O)c1ccc(Cl)s1)[C@H]1C[C@H]2CC[C@H]1C2. The van der Waals surface area contributed by atoms with Crippen molar-refractivity contribution in [3.8, 4) is 0 Å². The van der Waals surface area contributed by atoms with Crippen molar-refractivity contribution in [3.05, 3.63) is 21.3 Å². The van der Waals surface area contributed by atoms with Crippen LogP contribution in [0.15, 0.2) is 12.1 Å². The number of Topliss-reactive ketones (excluding diaryl/α,β-unsaturated/α-hetero) is 1. The number of hydrogen-bond acceptors (Lipinski definition) is 3. The fourth-order valence-electron chi connectivity index (χ4n) is 4.15. The molecule has 4 atom stereocenters. The Kier molecular flexibility index (Phi) is 4.88. The van der Waals surface area contributed by atoms with Gasteiger partial charge >= 0.3 is 0 Å². The van der Waals surface area contributed by atoms with Crippen LogP contribution in [0.4, 0.5) is 0 Å². The zero-order valence-corrected chi connectivity index (χ0v) is 14.4. The van der Waals surface area contributed by atoms with E-state index in [0.717, 1.165) is 11.8 Å². The third-order valence-electron chi connectivity index (χ3n) is 5.25. The predicted octanol–water partition coefficient (Wildman–Crippen LogP) is 4.31. The highest BCUT2D eigenvalue weighted by molar-refractivity contribution is 7.18. The van der Waals surface area contributed by atoms with Crippen LogP contribution in [0.5, 0.6) is 0 Å². The molecule has 0 spiro atoms. The number of ketones is 1. The van der Waals surface area contributed by atoms with Gasteiger partial charge in [0.05, 0.1) is 9.21 Å². The van der Waals surface area contributed by atoms with Gasteiger partial charge in [0, 0.05) is 18.9 Å². The van der Waals surface area contributed by atoms with E-state index >= 15 is 0 Å². The lowest BCUT2D eigenvalue weighted by atomic mass is 9.84. The topological polar surface area (TPSA) is 46.2 Å². The van der Waals surface area contributed by atoms with E-state index in [2.05, 4.69) is 12.2 Å². The van der Waals surface area contributed by atoms with Crippen molar-refractivity contribution in [2.24, 2.45) is 17.8 Å². The average Bonchev–Trinajstić information content (AvgIpc) is 3.20. The third kappa shape index (κ3) is 3.54. The molecule has 2 aliphatic rings. The molecule has 1 N–H and O–H groups in total. The Labute approximate surface area is 140 Å². The summed E-state index contributed by atoms with van der Waals surface area (Å²) in [6.07, 6.45) is 5.83. The van der Waals surface area contributed by atoms with Crippen LogP contribution in [0.3, 0.4) is 0 Å². The van der Waals surface area contributed by atoms with E-state index in [-0.39, 0.29) is 30.6 Å². The minimum atomic E-state index is -0.00808. The van der Waals surface area contributed by atoms with Crippen LogP contribution in [0, 0.1) is 17.8 Å². The first-order valence-corrected chi connectivity index (χ1v) is 9.30. The van der Waals surface area contributed by atoms with Crippen LogP contribution >= 0.6 is 22.9 Å². The standard InChI is InChI=1S/C17H22ClNO2S/c1-10(13-9-11-2-3-12(13)8-11)19-17(21)7-4-14(20)15-5-6-16(18)22-15/h5-6,10-13H,2-4,7-9H2,1H3,(H,19,21)/t10-,11+,12+,13-/m1/s1. The van der Waals surface area contributed by atoms with E-state index in [0.29, 0.717) is 15.1 Å². The van der Waals surface area contributed by atoms with Crippen LogP contribution in [0.25, 0.3) is 0 Å². The van der Waals surface area contributed by atoms with Gasteiger partial charge in [0.15, 0.2) is 5.78 Å². The summed E-state index contributed by atoms with van der Waals surface area (Å²) in [5, 5.41) is 3.10. The second-order valence-corrected chi connectivity index (χ2v) is 8.44. The van der Waals surface area contributed by atoms with E-state index in [4.69, 9.17) is 11.6 Å². The largest absolute Gasteiger partial charge is 0.353 e. The maximum absolute atomic E-state index is 12.1. The zero-order valence-electron chi connectivity index (χ0n) is 12.8. The molecule has 2 bridgehead atoms. The summed E-state index contributed by atoms with van der Waals surface area (Å²) in [6, 6.07) is 3.68. The number of nitrogens with one attached hydrogen (secondary N) is 1. The normalized spacial score (nSPS) is 27.8. The minimum absolute atomic E-state index is 0.000346. The van der Waals surface area contributed by atoms with Gasteiger partial charge in [0.25, 0.3) is 0 Å². The first-order chi connectivity index (χ1) is 10.5. The molecular weight excluding hydrogens is 318 g/mol. The number of halogens is 1. The minimum Gasteiger partial charge on any atom is -0.353 e. The second-order valence-electron chi connectivity index (χ2n) is 6.72. The number of rotatable bonds is 6. The molecule has 2 fully saturated rings. The van der Waals surface area contributed by atoms with E-state index in [1.54, 1.807) is 12.1 Å². The lowest BCUT2D eigenvalue weighted by Gasteiger charge is -2.28. The van der Waals surface area contributed by atoms with Crippen LogP contribution in [-0.4, -0.2) is 17.7 Å². The summed E-state index contributed by atoms with van der Waals surface area (Å²) in [4.78, 5) is 24.7. The summed E-state index contributed by atoms with van der Waals surface area (Å²) in [6.45, 7) is 2.12. The first-order valence-electron chi connectivity index (χ1n) is 8.11. The van der Waals surface area contributed by atoms with E-state index < -0.39 is 0 Å². The average molecular weight is 340 g/mol. The monoisotopic (exact) mass is 339 g/mol. The number of carbonyl (C=O) groups is 2. The molecule has 1 heterocycles. The molecule has 22 heavy (non-hydrogen) atoms. The lowest BCUT2D eigenvalue weighted by molar-refractivity contribution is -0.122. The Morgan fingerprint density at radius 2 is 2.14 bits per heavy atom. The van der Waals surface area contributed by atoms with Gasteiger partial charge in [-0.15, -0.1) is 11.3 Å². The first kappa shape index (κ1) is 16.0. The summed E-state index contributed by atoms with van der Waals surface area (Å²) in [5.41, 5.74) is 0. The van der Waals surface area contributed by atoms with Gasteiger partial charge in [-0.25, -0.2) is 0 Å². The number of fused-ring (bicyclic) bond motifs is 2. The molecule has 120 valence electrons. The summed E-state index contributed by atoms with van der Waals surface area (Å²) >= 11 is 7.10. The fourth-order valence-corrected chi connectivity index (χ4v) is 5.16. The Bertz CT molecular complexity index is 571. The molecule has 2 saturated carbocycles. The number of amides is 1. The number of thiophene rings is 1. The van der Waals surface area contributed by atoms with Gasteiger partial charge < -0.3 is 5.32 Å². The van der Waals surface area contributed by atoms with Gasteiger partial charge in [-0.05, 0) is 56.1 Å². The molecular formula is C17H22ClNO2S. The van der Waals surface area contributed by atoms with E-state index in [1.165, 1.54) is 37.0 Å². The molecule has 0 radical (unpaired) electrons. The smallest absolute Gasteiger partial charge is 0.220 e. The van der Waals surface area contributed by atoms with Crippen LogP contribution in [-0.2, 0) is 4.79 Å². The highest BCUT2D eigenvalue weighted by Gasteiger charge is 2.42. The Morgan fingerprint density at radius 3 is 2.73 bits per heavy atom. The van der Waals surface area contributed by atoms with Crippen molar-refractivity contribution >= 4 is 34.6 Å². The highest BCUT2D eigenvalue weighted by atomic mass is 35.5. The molecule has 3 rings (SSSR count). The van der Waals surface area contributed by atoms with Gasteiger partial charge in [-0.3, -0.25) is 9.59 Å². The number of carbonyl (C=O) groups excluding carboxylic acids is 2. The molecule has 5 heteroatoms. The van der Waals surface area contributed by atoms with Crippen molar-refractivity contribution in [3.63, 3.8) is 0 Å². The Hall–Kier alpha value is -0.870. The van der Waals surface area contributed by atoms with Gasteiger partial charge in [0.2, 0.25) is 5.91 Å². The zero-order chi connectivity index (χ0) is 15.7. The van der Waals surface area contributed by atoms with Crippen molar-refractivity contribution in [2.75, 3.05) is 0 Å². The van der Waals surface area contributed by atoms with Gasteiger partial charge in [0.1, 0.15) is 0 Å². The quantitative estimate of drug-likeness (QED) is 0.785. The highest BCUT2D eigenvalue weighted by Crippen LogP contribution is 2.49. The molecule has 1 aromatic heterocycles. The molecule has 3 nitrogen and oxygen atoms in total. The summed E-state index contributed by atoms with van der Waals surface area (Å²) < 4.78 is 0.609. The lowest BCUT2D eigenvalue weighted by Crippen LogP contribution is -2.40. The summed E-state index contributed by atoms with van der Waals surface area (Å²) in [5.74, 6) is 2.31. The third-order valence-corrected chi connectivity index (χ3v) is 6.52. The molecule has 2 aliphatic carbocycles. The van der Waals surface area contributed by atoms with Crippen molar-refractivity contribution in [1.29, 1.82) is 0 Å². The Balaban J connectivity index is 1.43. The molecule has 1 aromatic rings. The van der Waals surface area contributed by atoms with Crippen LogP contribution in [0.1, 0.15) is 55.1 Å². The molecule has 0 unspecified atom stereocenters. The molecule has 1 amide bonds. The molecule has 0 aromatic carbocycles. The number of hydrogen-bond donors (Lipinski definition) is 1. The Morgan fingerprint density at radius 1 is 1.32 bits per heavy atom. The van der Waals surface area contributed by atoms with Gasteiger partial charge in [-0.1, -0.05) is 18.0 Å². The van der Waals surface area contributed by atoms with Gasteiger partial charge in [-0.2, -0.15) is 0 Å². The fraction of sp³-hybridized carbons (Fsp3) is 0.647. The predicted molar refractivity (Wildman–Crippen MR) is 89.4 cm³/mol. The van der Waals surface area contributed by atoms with E-state index in [1.807, 2.05) is 0 Å². The van der Waals surface area contributed by atoms with Crippen molar-refractivity contribution < 1.29 is 9.59 Å². The maximum Gasteiger partial charge on any atom is 0.220 e. The molecule has 0 aliphatic heterocycles. The summed E-state index contributed by atoms with van der Waals surface area (Å²) in [7, 11) is 0. The van der Waals surface area contributed by atoms with Crippen molar-refractivity contribution in [2.45, 2.75) is 51.5 Å². The van der Waals surface area contributed by atoms with Crippen molar-refractivity contribution in [1.82, 2.24) is 5.32 Å². The maximum atomic E-state index is 12.1. The van der Waals surface area contributed by atoms with Crippen LogP contribution in [0.2, 0.25) is 4.34 Å². The molecule has 0 saturated heterocycles. The van der Waals surface area contributed by atoms with E-state index in [9.17, 15) is 9.59 Å².